The van der Waals surface area contributed by atoms with Crippen LogP contribution in [0.1, 0.15) is 42.5 Å². The van der Waals surface area contributed by atoms with E-state index in [0.29, 0.717) is 11.5 Å². The average Bonchev–Trinajstić information content (AvgIpc) is 2.46. The molecule has 1 aliphatic carbocycles. The number of carbonyl (C=O) groups is 1. The smallest absolute Gasteiger partial charge is 0.251 e. The molecule has 1 aliphatic rings. The Bertz CT molecular complexity index is 371. The predicted octanol–water partition coefficient (Wildman–Crippen LogP) is 2.36. The molecule has 0 aliphatic heterocycles. The number of nitrogens with one attached hydrogen (secondary N) is 1. The van der Waals surface area contributed by atoms with E-state index in [0.717, 1.165) is 12.8 Å². The molecule has 1 aromatic carbocycles. The Balaban J connectivity index is 1.95. The van der Waals surface area contributed by atoms with Gasteiger partial charge in [0.2, 0.25) is 0 Å². The molecule has 1 fully saturated rings. The van der Waals surface area contributed by atoms with Gasteiger partial charge in [-0.3, -0.25) is 4.79 Å². The Hall–Kier alpha value is -1.35. The molecule has 3 heteroatoms. The van der Waals surface area contributed by atoms with E-state index < -0.39 is 0 Å². The van der Waals surface area contributed by atoms with Crippen LogP contribution in [0.15, 0.2) is 30.3 Å². The van der Waals surface area contributed by atoms with Crippen LogP contribution in [-0.2, 0) is 0 Å². The number of amides is 1. The first-order chi connectivity index (χ1) is 8.81. The van der Waals surface area contributed by atoms with Crippen LogP contribution in [0.4, 0.5) is 0 Å². The van der Waals surface area contributed by atoms with Gasteiger partial charge in [-0.2, -0.15) is 0 Å². The minimum Gasteiger partial charge on any atom is -0.394 e. The fourth-order valence-corrected chi connectivity index (χ4v) is 2.69. The molecule has 98 valence electrons. The Morgan fingerprint density at radius 3 is 2.50 bits per heavy atom. The number of rotatable bonds is 4. The van der Waals surface area contributed by atoms with Crippen molar-refractivity contribution in [1.29, 1.82) is 0 Å². The fourth-order valence-electron chi connectivity index (χ4n) is 2.69. The van der Waals surface area contributed by atoms with Crippen molar-refractivity contribution < 1.29 is 9.90 Å². The maximum Gasteiger partial charge on any atom is 0.251 e. The van der Waals surface area contributed by atoms with Crippen molar-refractivity contribution in [3.63, 3.8) is 0 Å². The van der Waals surface area contributed by atoms with Crippen LogP contribution in [0.3, 0.4) is 0 Å². The van der Waals surface area contributed by atoms with Crippen LogP contribution in [0.2, 0.25) is 0 Å². The van der Waals surface area contributed by atoms with E-state index in [1.807, 2.05) is 18.2 Å². The van der Waals surface area contributed by atoms with Gasteiger partial charge in [0, 0.05) is 5.56 Å². The van der Waals surface area contributed by atoms with Crippen LogP contribution < -0.4 is 5.32 Å². The Labute approximate surface area is 108 Å². The lowest BCUT2D eigenvalue weighted by molar-refractivity contribution is 0.0871. The monoisotopic (exact) mass is 247 g/mol. The van der Waals surface area contributed by atoms with Crippen molar-refractivity contribution in [3.8, 4) is 0 Å². The molecule has 1 amide bonds. The van der Waals surface area contributed by atoms with Crippen molar-refractivity contribution in [3.05, 3.63) is 35.9 Å². The second-order valence-electron chi connectivity index (χ2n) is 5.03. The van der Waals surface area contributed by atoms with E-state index in [2.05, 4.69) is 5.32 Å². The number of hydrogen-bond acceptors (Lipinski definition) is 2. The molecule has 1 saturated carbocycles. The first-order valence-corrected chi connectivity index (χ1v) is 6.78. The molecule has 0 spiro atoms. The Morgan fingerprint density at radius 1 is 1.22 bits per heavy atom. The molecule has 1 atom stereocenters. The highest BCUT2D eigenvalue weighted by Gasteiger charge is 2.24. The lowest BCUT2D eigenvalue weighted by atomic mass is 9.84. The molecule has 1 aromatic rings. The predicted molar refractivity (Wildman–Crippen MR) is 71.4 cm³/mol. The third-order valence-corrected chi connectivity index (χ3v) is 3.77. The summed E-state index contributed by atoms with van der Waals surface area (Å²) in [6.07, 6.45) is 5.92. The third kappa shape index (κ3) is 3.33. The normalized spacial score (nSPS) is 18.3. The van der Waals surface area contributed by atoms with E-state index in [4.69, 9.17) is 0 Å². The second-order valence-corrected chi connectivity index (χ2v) is 5.03. The van der Waals surface area contributed by atoms with E-state index in [1.165, 1.54) is 19.3 Å². The van der Waals surface area contributed by atoms with Crippen molar-refractivity contribution in [2.45, 2.75) is 38.1 Å². The zero-order valence-corrected chi connectivity index (χ0v) is 10.6. The molecular weight excluding hydrogens is 226 g/mol. The van der Waals surface area contributed by atoms with Crippen molar-refractivity contribution in [1.82, 2.24) is 5.32 Å². The lowest BCUT2D eigenvalue weighted by Crippen LogP contribution is -2.43. The summed E-state index contributed by atoms with van der Waals surface area (Å²) >= 11 is 0. The molecule has 0 unspecified atom stereocenters. The molecular formula is C15H21NO2. The summed E-state index contributed by atoms with van der Waals surface area (Å²) in [4.78, 5) is 12.0. The molecule has 0 bridgehead atoms. The molecule has 0 saturated heterocycles. The first-order valence-electron chi connectivity index (χ1n) is 6.78. The van der Waals surface area contributed by atoms with Crippen molar-refractivity contribution in [2.24, 2.45) is 5.92 Å². The van der Waals surface area contributed by atoms with E-state index >= 15 is 0 Å². The average molecular weight is 247 g/mol. The molecule has 0 aromatic heterocycles. The summed E-state index contributed by atoms with van der Waals surface area (Å²) in [5.74, 6) is 0.344. The minimum absolute atomic E-state index is 0.0310. The van der Waals surface area contributed by atoms with E-state index in [1.54, 1.807) is 12.1 Å². The minimum atomic E-state index is -0.0991. The van der Waals surface area contributed by atoms with E-state index in [9.17, 15) is 9.90 Å². The third-order valence-electron chi connectivity index (χ3n) is 3.77. The standard InChI is InChI=1S/C15H21NO2/c17-11-14(12-7-3-1-4-8-12)16-15(18)13-9-5-2-6-10-13/h2,5-6,9-10,12,14,17H,1,3-4,7-8,11H2,(H,16,18)/t14-/m0/s1. The van der Waals surface area contributed by atoms with Crippen LogP contribution in [0.5, 0.6) is 0 Å². The highest BCUT2D eigenvalue weighted by Crippen LogP contribution is 2.26. The van der Waals surface area contributed by atoms with Gasteiger partial charge in [-0.25, -0.2) is 0 Å². The summed E-state index contributed by atoms with van der Waals surface area (Å²) in [6.45, 7) is 0.0310. The van der Waals surface area contributed by atoms with Gasteiger partial charge < -0.3 is 10.4 Å². The topological polar surface area (TPSA) is 49.3 Å². The number of aliphatic hydroxyl groups excluding tert-OH is 1. The van der Waals surface area contributed by atoms with Gasteiger partial charge in [-0.05, 0) is 30.9 Å². The zero-order valence-electron chi connectivity index (χ0n) is 10.6. The maximum absolute atomic E-state index is 12.0. The summed E-state index contributed by atoms with van der Waals surface area (Å²) in [5.41, 5.74) is 0.659. The Kier molecular flexibility index (Phi) is 4.76. The summed E-state index contributed by atoms with van der Waals surface area (Å²) in [6, 6.07) is 9.09. The highest BCUT2D eigenvalue weighted by atomic mass is 16.3. The number of carbonyl (C=O) groups excluding carboxylic acids is 1. The molecule has 0 heterocycles. The van der Waals surface area contributed by atoms with Gasteiger partial charge >= 0.3 is 0 Å². The quantitative estimate of drug-likeness (QED) is 0.858. The zero-order chi connectivity index (χ0) is 12.8. The van der Waals surface area contributed by atoms with Gasteiger partial charge in [0.15, 0.2) is 0 Å². The number of hydrogen-bond donors (Lipinski definition) is 2. The van der Waals surface area contributed by atoms with Crippen molar-refractivity contribution in [2.75, 3.05) is 6.61 Å². The van der Waals surface area contributed by atoms with Crippen molar-refractivity contribution >= 4 is 5.91 Å². The SMILES string of the molecule is O=C(N[C@@H](CO)C1CCCCC1)c1ccccc1. The molecule has 0 radical (unpaired) electrons. The van der Waals surface area contributed by atoms with Crippen LogP contribution in [0.25, 0.3) is 0 Å². The van der Waals surface area contributed by atoms with Crippen LogP contribution >= 0.6 is 0 Å². The van der Waals surface area contributed by atoms with Crippen LogP contribution in [0, 0.1) is 5.92 Å². The van der Waals surface area contributed by atoms with Crippen LogP contribution in [-0.4, -0.2) is 23.7 Å². The largest absolute Gasteiger partial charge is 0.394 e. The van der Waals surface area contributed by atoms with Gasteiger partial charge in [-0.1, -0.05) is 37.5 Å². The first kappa shape index (κ1) is 13.1. The molecule has 3 nitrogen and oxygen atoms in total. The maximum atomic E-state index is 12.0. The fraction of sp³-hybridized carbons (Fsp3) is 0.533. The van der Waals surface area contributed by atoms with Gasteiger partial charge in [0.05, 0.1) is 12.6 Å². The van der Waals surface area contributed by atoms with Gasteiger partial charge in [0.1, 0.15) is 0 Å². The van der Waals surface area contributed by atoms with Gasteiger partial charge in [-0.15, -0.1) is 0 Å². The summed E-state index contributed by atoms with van der Waals surface area (Å²) in [7, 11) is 0. The highest BCUT2D eigenvalue weighted by molar-refractivity contribution is 5.94. The molecule has 18 heavy (non-hydrogen) atoms. The Morgan fingerprint density at radius 2 is 1.89 bits per heavy atom. The lowest BCUT2D eigenvalue weighted by Gasteiger charge is -2.29. The number of aliphatic hydroxyl groups is 1. The van der Waals surface area contributed by atoms with E-state index in [-0.39, 0.29) is 18.6 Å². The molecule has 2 N–H and O–H groups in total. The molecule has 2 rings (SSSR count). The number of benzene rings is 1. The summed E-state index contributed by atoms with van der Waals surface area (Å²) in [5, 5.41) is 12.4. The van der Waals surface area contributed by atoms with Gasteiger partial charge in [0.25, 0.3) is 5.91 Å². The second kappa shape index (κ2) is 6.55. The summed E-state index contributed by atoms with van der Waals surface area (Å²) < 4.78 is 0.